The normalized spacial score (nSPS) is 12.5. The number of benzene rings is 4. The van der Waals surface area contributed by atoms with Gasteiger partial charge in [-0.05, 0) is 53.9 Å². The monoisotopic (exact) mass is 684 g/mol. The van der Waals surface area contributed by atoms with Gasteiger partial charge in [-0.15, -0.1) is 0 Å². The van der Waals surface area contributed by atoms with Crippen molar-refractivity contribution in [1.82, 2.24) is 0 Å². The number of hydrogen-bond donors (Lipinski definition) is 0. The molecule has 0 radical (unpaired) electrons. The highest BCUT2D eigenvalue weighted by molar-refractivity contribution is 5.66. The predicted molar refractivity (Wildman–Crippen MR) is 139 cm³/mol. The average Bonchev–Trinajstić information content (AvgIpc) is 2.92. The summed E-state index contributed by atoms with van der Waals surface area (Å²) in [4.78, 5) is 0. The lowest BCUT2D eigenvalue weighted by atomic mass is 10.0. The Labute approximate surface area is 256 Å². The van der Waals surface area contributed by atoms with Gasteiger partial charge in [0.2, 0.25) is 0 Å². The summed E-state index contributed by atoms with van der Waals surface area (Å²) in [6.45, 7) is 1.66. The lowest BCUT2D eigenvalue weighted by Gasteiger charge is -2.21. The van der Waals surface area contributed by atoms with Gasteiger partial charge in [-0.2, -0.15) is 30.7 Å². The molecule has 0 aliphatic carbocycles. The van der Waals surface area contributed by atoms with Crippen LogP contribution in [0.4, 0.5) is 57.1 Å². The number of rotatable bonds is 10. The van der Waals surface area contributed by atoms with E-state index in [4.69, 9.17) is 0 Å². The zero-order valence-corrected chi connectivity index (χ0v) is 23.3. The largest absolute Gasteiger partial charge is 0.459 e. The molecule has 4 aromatic rings. The summed E-state index contributed by atoms with van der Waals surface area (Å²) < 4.78 is 195. The highest BCUT2D eigenvalue weighted by Crippen LogP contribution is 2.40. The standard InChI is InChI=1S/C31H17F13O3/c1-2-15-3-6-20(22(33)9-15)30(41,42)46-17-4-5-19(21(32)12-17)16-10-23(34)27(24(35)11-16)31(43,44)47-18-13-25(36)28(26(37)14-18)45-8-7-29(38,39)40/h3-14H,2H2,1H3/b8-7+. The molecule has 0 saturated heterocycles. The first-order valence-corrected chi connectivity index (χ1v) is 12.9. The zero-order chi connectivity index (χ0) is 34.9. The molecule has 0 bridgehead atoms. The average molecular weight is 684 g/mol. The maximum absolute atomic E-state index is 14.9. The van der Waals surface area contributed by atoms with Crippen LogP contribution in [0.3, 0.4) is 0 Å². The van der Waals surface area contributed by atoms with Crippen LogP contribution in [0, 0.1) is 34.9 Å². The van der Waals surface area contributed by atoms with E-state index in [-0.39, 0.29) is 30.5 Å². The Hall–Kier alpha value is -4.89. The second-order valence-corrected chi connectivity index (χ2v) is 9.54. The van der Waals surface area contributed by atoms with Crippen LogP contribution < -0.4 is 14.2 Å². The van der Waals surface area contributed by atoms with Crippen LogP contribution in [0.2, 0.25) is 0 Å². The van der Waals surface area contributed by atoms with Gasteiger partial charge in [0, 0.05) is 23.8 Å². The van der Waals surface area contributed by atoms with Gasteiger partial charge in [0.05, 0.1) is 17.9 Å². The van der Waals surface area contributed by atoms with Gasteiger partial charge < -0.3 is 14.2 Å². The van der Waals surface area contributed by atoms with Gasteiger partial charge >= 0.3 is 18.4 Å². The molecular weight excluding hydrogens is 667 g/mol. The van der Waals surface area contributed by atoms with E-state index in [0.29, 0.717) is 18.1 Å². The van der Waals surface area contributed by atoms with Crippen LogP contribution in [0.15, 0.2) is 73.0 Å². The van der Waals surface area contributed by atoms with E-state index in [2.05, 4.69) is 14.2 Å². The zero-order valence-electron chi connectivity index (χ0n) is 23.3. The summed E-state index contributed by atoms with van der Waals surface area (Å²) >= 11 is 0. The van der Waals surface area contributed by atoms with Crippen LogP contribution >= 0.6 is 0 Å². The summed E-state index contributed by atoms with van der Waals surface area (Å²) in [5.41, 5.74) is -4.21. The molecule has 3 nitrogen and oxygen atoms in total. The lowest BCUT2D eigenvalue weighted by molar-refractivity contribution is -0.190. The van der Waals surface area contributed by atoms with Gasteiger partial charge in [-0.3, -0.25) is 0 Å². The predicted octanol–water partition coefficient (Wildman–Crippen LogP) is 10.5. The summed E-state index contributed by atoms with van der Waals surface area (Å²) in [6, 6.07) is 5.22. The van der Waals surface area contributed by atoms with E-state index in [1.165, 1.54) is 6.07 Å². The van der Waals surface area contributed by atoms with E-state index < -0.39 is 98.9 Å². The third kappa shape index (κ3) is 8.10. The molecule has 0 fully saturated rings. The first kappa shape index (κ1) is 35.0. The topological polar surface area (TPSA) is 27.7 Å². The maximum atomic E-state index is 14.9. The molecule has 0 aromatic heterocycles. The Morgan fingerprint density at radius 3 is 1.70 bits per heavy atom. The number of halogens is 13. The third-order valence-corrected chi connectivity index (χ3v) is 6.25. The second kappa shape index (κ2) is 13.1. The molecular formula is C31H17F13O3. The number of ether oxygens (including phenoxy) is 3. The van der Waals surface area contributed by atoms with Crippen molar-refractivity contribution >= 4 is 0 Å². The lowest BCUT2D eigenvalue weighted by Crippen LogP contribution is -2.25. The molecule has 0 spiro atoms. The van der Waals surface area contributed by atoms with E-state index in [9.17, 15) is 57.1 Å². The molecule has 0 saturated carbocycles. The molecule has 16 heteroatoms. The molecule has 0 aliphatic rings. The molecule has 4 rings (SSSR count). The molecule has 0 aliphatic heterocycles. The fourth-order valence-corrected chi connectivity index (χ4v) is 4.10. The summed E-state index contributed by atoms with van der Waals surface area (Å²) in [6.07, 6.45) is -14.5. The van der Waals surface area contributed by atoms with Gasteiger partial charge in [0.15, 0.2) is 17.4 Å². The first-order chi connectivity index (χ1) is 21.8. The van der Waals surface area contributed by atoms with Crippen LogP contribution in [0.1, 0.15) is 23.6 Å². The highest BCUT2D eigenvalue weighted by Gasteiger charge is 2.42. The van der Waals surface area contributed by atoms with Crippen molar-refractivity contribution in [1.29, 1.82) is 0 Å². The second-order valence-electron chi connectivity index (χ2n) is 9.54. The summed E-state index contributed by atoms with van der Waals surface area (Å²) in [7, 11) is 0. The Kier molecular flexibility index (Phi) is 9.73. The van der Waals surface area contributed by atoms with Crippen molar-refractivity contribution in [3.63, 3.8) is 0 Å². The quantitative estimate of drug-likeness (QED) is 0.123. The Morgan fingerprint density at radius 1 is 0.596 bits per heavy atom. The molecule has 0 N–H and O–H groups in total. The van der Waals surface area contributed by atoms with Crippen molar-refractivity contribution in [3.8, 4) is 28.4 Å². The SMILES string of the molecule is CCc1ccc(C(F)(F)Oc2ccc(-c3cc(F)c(C(F)(F)Oc4cc(F)c(O/C=C/C(F)(F)F)c(F)c4)c(F)c3)c(F)c2)c(F)c1. The van der Waals surface area contributed by atoms with E-state index in [1.807, 2.05) is 0 Å². The van der Waals surface area contributed by atoms with Crippen molar-refractivity contribution in [2.75, 3.05) is 0 Å². The fourth-order valence-electron chi connectivity index (χ4n) is 4.10. The minimum Gasteiger partial charge on any atom is -0.459 e. The minimum absolute atomic E-state index is 0.0368. The third-order valence-electron chi connectivity index (χ3n) is 6.25. The van der Waals surface area contributed by atoms with Gasteiger partial charge in [-0.1, -0.05) is 13.0 Å². The van der Waals surface area contributed by atoms with Gasteiger partial charge in [0.25, 0.3) is 0 Å². The van der Waals surface area contributed by atoms with Crippen molar-refractivity contribution < 1.29 is 71.3 Å². The number of allylic oxidation sites excluding steroid dienone is 1. The summed E-state index contributed by atoms with van der Waals surface area (Å²) in [5.74, 6) is -14.1. The van der Waals surface area contributed by atoms with Crippen molar-refractivity contribution in [2.24, 2.45) is 0 Å². The van der Waals surface area contributed by atoms with E-state index in [0.717, 1.165) is 24.3 Å². The van der Waals surface area contributed by atoms with E-state index >= 15 is 0 Å². The molecule has 250 valence electrons. The van der Waals surface area contributed by atoms with Crippen LogP contribution in [0.5, 0.6) is 17.2 Å². The Morgan fingerprint density at radius 2 is 1.17 bits per heavy atom. The summed E-state index contributed by atoms with van der Waals surface area (Å²) in [5, 5.41) is 0. The van der Waals surface area contributed by atoms with E-state index in [1.54, 1.807) is 6.92 Å². The smallest absolute Gasteiger partial charge is 0.432 e. The fraction of sp³-hybridized carbons (Fsp3) is 0.161. The molecule has 0 atom stereocenters. The number of aryl methyl sites for hydroxylation is 1. The molecule has 0 amide bonds. The van der Waals surface area contributed by atoms with Crippen LogP contribution in [0.25, 0.3) is 11.1 Å². The highest BCUT2D eigenvalue weighted by atomic mass is 19.4. The number of alkyl halides is 7. The molecule has 0 heterocycles. The van der Waals surface area contributed by atoms with Gasteiger partial charge in [-0.25, -0.2) is 26.3 Å². The Balaban J connectivity index is 1.56. The maximum Gasteiger partial charge on any atom is 0.432 e. The molecule has 4 aromatic carbocycles. The first-order valence-electron chi connectivity index (χ1n) is 12.9. The minimum atomic E-state index is -4.98. The number of hydrogen-bond acceptors (Lipinski definition) is 3. The van der Waals surface area contributed by atoms with Gasteiger partial charge in [0.1, 0.15) is 40.3 Å². The van der Waals surface area contributed by atoms with Crippen molar-refractivity contribution in [2.45, 2.75) is 31.7 Å². The molecule has 47 heavy (non-hydrogen) atoms. The van der Waals surface area contributed by atoms with Crippen LogP contribution in [-0.2, 0) is 18.6 Å². The van der Waals surface area contributed by atoms with Crippen molar-refractivity contribution in [3.05, 3.63) is 125 Å². The van der Waals surface area contributed by atoms with Crippen LogP contribution in [-0.4, -0.2) is 6.18 Å². The Bertz CT molecular complexity index is 1770. The molecule has 0 unspecified atom stereocenters.